The molecule has 2 N–H and O–H groups in total. The first-order valence-corrected chi connectivity index (χ1v) is 7.39. The van der Waals surface area contributed by atoms with Gasteiger partial charge in [0.1, 0.15) is 0 Å². The van der Waals surface area contributed by atoms with Gasteiger partial charge in [0.2, 0.25) is 0 Å². The van der Waals surface area contributed by atoms with Crippen molar-refractivity contribution in [3.05, 3.63) is 22.4 Å². The van der Waals surface area contributed by atoms with Crippen molar-refractivity contribution in [2.24, 2.45) is 11.1 Å². The molecule has 1 atom stereocenters. The molecule has 0 aromatic carbocycles. The van der Waals surface area contributed by atoms with Gasteiger partial charge < -0.3 is 5.73 Å². The van der Waals surface area contributed by atoms with E-state index >= 15 is 0 Å². The Morgan fingerprint density at radius 3 is 2.71 bits per heavy atom. The van der Waals surface area contributed by atoms with E-state index in [2.05, 4.69) is 43.2 Å². The van der Waals surface area contributed by atoms with Crippen LogP contribution in [0.4, 0.5) is 0 Å². The van der Waals surface area contributed by atoms with E-state index in [0.717, 1.165) is 19.1 Å². The summed E-state index contributed by atoms with van der Waals surface area (Å²) in [7, 11) is 0. The van der Waals surface area contributed by atoms with Crippen molar-refractivity contribution >= 4 is 11.3 Å². The van der Waals surface area contributed by atoms with Crippen LogP contribution in [0, 0.1) is 5.41 Å². The van der Waals surface area contributed by atoms with Crippen molar-refractivity contribution in [3.8, 4) is 0 Å². The molecule has 0 bridgehead atoms. The molecule has 0 spiro atoms. The van der Waals surface area contributed by atoms with E-state index in [1.54, 1.807) is 0 Å². The number of nitrogens with two attached hydrogens (primary N) is 1. The minimum Gasteiger partial charge on any atom is -0.327 e. The first-order valence-electron chi connectivity index (χ1n) is 6.51. The maximum atomic E-state index is 6.09. The van der Waals surface area contributed by atoms with Gasteiger partial charge in [-0.15, -0.1) is 11.3 Å². The highest BCUT2D eigenvalue weighted by molar-refractivity contribution is 7.09. The summed E-state index contributed by atoms with van der Waals surface area (Å²) in [6, 6.07) is 5.42. The third kappa shape index (κ3) is 3.54. The van der Waals surface area contributed by atoms with Crippen molar-refractivity contribution in [2.45, 2.75) is 52.2 Å². The molecule has 1 fully saturated rings. The monoisotopic (exact) mass is 252 g/mol. The van der Waals surface area contributed by atoms with Crippen LogP contribution >= 0.6 is 11.3 Å². The number of hydrogen-bond donors (Lipinski definition) is 1. The van der Waals surface area contributed by atoms with E-state index in [4.69, 9.17) is 5.73 Å². The topological polar surface area (TPSA) is 29.3 Å². The predicted octanol–water partition coefficient (Wildman–Crippen LogP) is 3.09. The highest BCUT2D eigenvalue weighted by Crippen LogP contribution is 2.33. The van der Waals surface area contributed by atoms with E-state index < -0.39 is 0 Å². The van der Waals surface area contributed by atoms with Gasteiger partial charge in [0.25, 0.3) is 0 Å². The third-order valence-corrected chi connectivity index (χ3v) is 4.71. The Balaban J connectivity index is 1.98. The van der Waals surface area contributed by atoms with Gasteiger partial charge >= 0.3 is 0 Å². The molecule has 96 valence electrons. The van der Waals surface area contributed by atoms with E-state index in [1.165, 1.54) is 17.7 Å². The second-order valence-corrected chi connectivity index (χ2v) is 7.03. The first kappa shape index (κ1) is 13.1. The molecule has 1 unspecified atom stereocenters. The summed E-state index contributed by atoms with van der Waals surface area (Å²) in [6.45, 7) is 8.88. The first-order chi connectivity index (χ1) is 7.99. The molecule has 0 saturated heterocycles. The van der Waals surface area contributed by atoms with Gasteiger partial charge in [-0.1, -0.05) is 19.9 Å². The maximum Gasteiger partial charge on any atom is 0.0331 e. The highest BCUT2D eigenvalue weighted by Gasteiger charge is 2.34. The molecule has 1 aliphatic rings. The fourth-order valence-corrected chi connectivity index (χ4v) is 2.75. The summed E-state index contributed by atoms with van der Waals surface area (Å²) in [5.41, 5.74) is 6.28. The van der Waals surface area contributed by atoms with Gasteiger partial charge in [0.15, 0.2) is 0 Å². The van der Waals surface area contributed by atoms with Crippen molar-refractivity contribution in [3.63, 3.8) is 0 Å². The van der Waals surface area contributed by atoms with Crippen molar-refractivity contribution in [2.75, 3.05) is 6.54 Å². The lowest BCUT2D eigenvalue weighted by atomic mass is 9.85. The standard InChI is InChI=1S/C14H24N2S/c1-11(15)14(2,3)10-16(12-6-7-12)9-13-5-4-8-17-13/h4-5,8,11-12H,6-7,9-10,15H2,1-3H3. The Hall–Kier alpha value is -0.380. The van der Waals surface area contributed by atoms with E-state index in [9.17, 15) is 0 Å². The normalized spacial score (nSPS) is 18.6. The van der Waals surface area contributed by atoms with Crippen LogP contribution in [0.2, 0.25) is 0 Å². The minimum absolute atomic E-state index is 0.194. The molecule has 2 nitrogen and oxygen atoms in total. The zero-order chi connectivity index (χ0) is 12.5. The van der Waals surface area contributed by atoms with E-state index in [1.807, 2.05) is 11.3 Å². The quantitative estimate of drug-likeness (QED) is 0.843. The number of nitrogens with zero attached hydrogens (tertiary/aromatic N) is 1. The predicted molar refractivity (Wildman–Crippen MR) is 75.2 cm³/mol. The van der Waals surface area contributed by atoms with Gasteiger partial charge in [-0.25, -0.2) is 0 Å². The zero-order valence-corrected chi connectivity index (χ0v) is 12.0. The van der Waals surface area contributed by atoms with Crippen LogP contribution in [0.25, 0.3) is 0 Å². The van der Waals surface area contributed by atoms with Gasteiger partial charge in [-0.05, 0) is 36.6 Å². The molecule has 1 aliphatic carbocycles. The molecule has 0 aliphatic heterocycles. The van der Waals surface area contributed by atoms with Gasteiger partial charge in [-0.3, -0.25) is 4.90 Å². The maximum absolute atomic E-state index is 6.09. The lowest BCUT2D eigenvalue weighted by Crippen LogP contribution is -2.44. The Morgan fingerprint density at radius 1 is 1.53 bits per heavy atom. The summed E-state index contributed by atoms with van der Waals surface area (Å²) < 4.78 is 0. The molecular weight excluding hydrogens is 228 g/mol. The Bertz CT molecular complexity index is 339. The average molecular weight is 252 g/mol. The fourth-order valence-electron chi connectivity index (χ4n) is 2.02. The molecule has 0 amide bonds. The largest absolute Gasteiger partial charge is 0.327 e. The molecule has 17 heavy (non-hydrogen) atoms. The Labute approximate surface area is 109 Å². The smallest absolute Gasteiger partial charge is 0.0331 e. The summed E-state index contributed by atoms with van der Waals surface area (Å²) in [5.74, 6) is 0. The SMILES string of the molecule is CC(N)C(C)(C)CN(Cc1cccs1)C1CC1. The van der Waals surface area contributed by atoms with Crippen LogP contribution in [0.3, 0.4) is 0 Å². The van der Waals surface area contributed by atoms with Gasteiger partial charge in [-0.2, -0.15) is 0 Å². The van der Waals surface area contributed by atoms with Crippen LogP contribution in [0.5, 0.6) is 0 Å². The van der Waals surface area contributed by atoms with Crippen LogP contribution in [0.15, 0.2) is 17.5 Å². The molecule has 1 aromatic rings. The van der Waals surface area contributed by atoms with Crippen LogP contribution in [-0.2, 0) is 6.54 Å². The molecule has 1 aromatic heterocycles. The second kappa shape index (κ2) is 5.09. The minimum atomic E-state index is 0.194. The summed E-state index contributed by atoms with van der Waals surface area (Å²) in [4.78, 5) is 4.09. The molecule has 0 radical (unpaired) electrons. The van der Waals surface area contributed by atoms with Crippen LogP contribution < -0.4 is 5.73 Å². The third-order valence-electron chi connectivity index (χ3n) is 3.85. The zero-order valence-electron chi connectivity index (χ0n) is 11.1. The van der Waals surface area contributed by atoms with E-state index in [0.29, 0.717) is 0 Å². The van der Waals surface area contributed by atoms with Gasteiger partial charge in [0, 0.05) is 30.1 Å². The highest BCUT2D eigenvalue weighted by atomic mass is 32.1. The van der Waals surface area contributed by atoms with Crippen LogP contribution in [0.1, 0.15) is 38.5 Å². The second-order valence-electron chi connectivity index (χ2n) is 5.99. The molecule has 3 heteroatoms. The molecule has 1 heterocycles. The number of rotatable bonds is 6. The van der Waals surface area contributed by atoms with Crippen molar-refractivity contribution in [1.29, 1.82) is 0 Å². The Kier molecular flexibility index (Phi) is 3.91. The lowest BCUT2D eigenvalue weighted by Gasteiger charge is -2.35. The number of thiophene rings is 1. The van der Waals surface area contributed by atoms with Gasteiger partial charge in [0.05, 0.1) is 0 Å². The molecular formula is C14H24N2S. The van der Waals surface area contributed by atoms with Crippen LogP contribution in [-0.4, -0.2) is 23.5 Å². The molecule has 2 rings (SSSR count). The van der Waals surface area contributed by atoms with E-state index in [-0.39, 0.29) is 11.5 Å². The summed E-state index contributed by atoms with van der Waals surface area (Å²) in [5, 5.41) is 2.16. The average Bonchev–Trinajstić information content (AvgIpc) is 2.97. The lowest BCUT2D eigenvalue weighted by molar-refractivity contribution is 0.145. The summed E-state index contributed by atoms with van der Waals surface area (Å²) in [6.07, 6.45) is 2.72. The van der Waals surface area contributed by atoms with Crippen molar-refractivity contribution < 1.29 is 0 Å². The number of hydrogen-bond acceptors (Lipinski definition) is 3. The molecule has 1 saturated carbocycles. The Morgan fingerprint density at radius 2 is 2.24 bits per heavy atom. The summed E-state index contributed by atoms with van der Waals surface area (Å²) >= 11 is 1.86. The van der Waals surface area contributed by atoms with Crippen molar-refractivity contribution in [1.82, 2.24) is 4.90 Å². The fraction of sp³-hybridized carbons (Fsp3) is 0.714.